The first-order valence-corrected chi connectivity index (χ1v) is 14.4. The Labute approximate surface area is 209 Å². The molecule has 5 heterocycles. The van der Waals surface area contributed by atoms with Gasteiger partial charge in [0, 0.05) is 30.1 Å². The summed E-state index contributed by atoms with van der Waals surface area (Å²) in [6, 6.07) is 2.03. The number of nitrogens with zero attached hydrogens (tertiary/aromatic N) is 5. The molecule has 1 saturated carbocycles. The van der Waals surface area contributed by atoms with Crippen LogP contribution < -0.4 is 0 Å². The highest BCUT2D eigenvalue weighted by Gasteiger charge is 2.36. The van der Waals surface area contributed by atoms with E-state index in [4.69, 9.17) is 0 Å². The number of nitrogens with one attached hydrogen (secondary N) is 1. The Morgan fingerprint density at radius 3 is 2.69 bits per heavy atom. The zero-order chi connectivity index (χ0) is 23.8. The quantitative estimate of drug-likeness (QED) is 0.519. The third-order valence-corrected chi connectivity index (χ3v) is 9.73. The second-order valence-corrected chi connectivity index (χ2v) is 11.8. The molecule has 3 unspecified atom stereocenters. The van der Waals surface area contributed by atoms with Crippen LogP contribution in [0, 0.1) is 11.8 Å². The summed E-state index contributed by atoms with van der Waals surface area (Å²) in [4.78, 5) is 13.7. The SMILES string of the molecule is O=S([O-])C(C1CCC(c2cn[nH]c3cnc4nccc4c23)CC1)N1CCCC(CN2CCCC2)C1. The molecule has 35 heavy (non-hydrogen) atoms. The maximum Gasteiger partial charge on any atom is 0.159 e. The minimum atomic E-state index is -2.08. The molecule has 9 heteroatoms. The van der Waals surface area contributed by atoms with Crippen molar-refractivity contribution in [2.24, 2.45) is 11.8 Å². The van der Waals surface area contributed by atoms with Crippen molar-refractivity contribution in [3.05, 3.63) is 30.2 Å². The molecule has 2 aliphatic heterocycles. The van der Waals surface area contributed by atoms with Gasteiger partial charge in [0.2, 0.25) is 0 Å². The van der Waals surface area contributed by atoms with Gasteiger partial charge < -0.3 is 9.45 Å². The maximum absolute atomic E-state index is 12.5. The fourth-order valence-electron chi connectivity index (χ4n) is 7.00. The van der Waals surface area contributed by atoms with Crippen LogP contribution in [-0.2, 0) is 11.1 Å². The summed E-state index contributed by atoms with van der Waals surface area (Å²) in [5, 5.41) is 9.36. The number of rotatable bonds is 6. The largest absolute Gasteiger partial charge is 0.771 e. The molecule has 6 rings (SSSR count). The van der Waals surface area contributed by atoms with Crippen molar-refractivity contribution in [3.8, 4) is 0 Å². The van der Waals surface area contributed by atoms with Gasteiger partial charge in [-0.15, -0.1) is 0 Å². The van der Waals surface area contributed by atoms with Crippen molar-refractivity contribution in [3.63, 3.8) is 0 Å². The molecule has 3 aliphatic rings. The molecule has 0 radical (unpaired) electrons. The van der Waals surface area contributed by atoms with Crippen LogP contribution in [0.25, 0.3) is 21.9 Å². The maximum atomic E-state index is 12.5. The Morgan fingerprint density at radius 2 is 1.89 bits per heavy atom. The number of hydrogen-bond donors (Lipinski definition) is 1. The van der Waals surface area contributed by atoms with Gasteiger partial charge >= 0.3 is 0 Å². The van der Waals surface area contributed by atoms with E-state index in [9.17, 15) is 8.76 Å². The lowest BCUT2D eigenvalue weighted by molar-refractivity contribution is 0.0948. The number of hydrogen-bond acceptors (Lipinski definition) is 7. The molecule has 3 atom stereocenters. The second kappa shape index (κ2) is 10.2. The molecule has 1 N–H and O–H groups in total. The number of fused-ring (bicyclic) bond motifs is 3. The predicted octanol–water partition coefficient (Wildman–Crippen LogP) is 3.79. The van der Waals surface area contributed by atoms with Gasteiger partial charge in [-0.25, -0.2) is 9.97 Å². The molecule has 188 valence electrons. The molecule has 8 nitrogen and oxygen atoms in total. The fraction of sp³-hybridized carbons (Fsp3) is 0.654. The van der Waals surface area contributed by atoms with Gasteiger partial charge in [-0.05, 0) is 111 Å². The average molecular weight is 496 g/mol. The highest BCUT2D eigenvalue weighted by molar-refractivity contribution is 7.79. The summed E-state index contributed by atoms with van der Waals surface area (Å²) >= 11 is -2.08. The summed E-state index contributed by atoms with van der Waals surface area (Å²) in [6.45, 7) is 5.38. The third-order valence-electron chi connectivity index (χ3n) is 8.65. The third kappa shape index (κ3) is 4.75. The molecule has 3 aromatic rings. The summed E-state index contributed by atoms with van der Waals surface area (Å²) in [5.74, 6) is 1.17. The van der Waals surface area contributed by atoms with Crippen LogP contribution in [0.1, 0.15) is 62.8 Å². The summed E-state index contributed by atoms with van der Waals surface area (Å²) in [6.07, 6.45) is 14.4. The van der Waals surface area contributed by atoms with Crippen molar-refractivity contribution >= 4 is 33.0 Å². The predicted molar refractivity (Wildman–Crippen MR) is 137 cm³/mol. The summed E-state index contributed by atoms with van der Waals surface area (Å²) in [5.41, 5.74) is 2.93. The summed E-state index contributed by atoms with van der Waals surface area (Å²) < 4.78 is 25.0. The van der Waals surface area contributed by atoms with Gasteiger partial charge in [-0.3, -0.25) is 14.2 Å². The molecule has 1 aliphatic carbocycles. The molecule has 0 bridgehead atoms. The smallest absolute Gasteiger partial charge is 0.159 e. The highest BCUT2D eigenvalue weighted by atomic mass is 32.2. The van der Waals surface area contributed by atoms with Gasteiger partial charge in [-0.2, -0.15) is 5.10 Å². The van der Waals surface area contributed by atoms with Crippen LogP contribution in [0.15, 0.2) is 24.7 Å². The van der Waals surface area contributed by atoms with Crippen molar-refractivity contribution in [1.29, 1.82) is 0 Å². The van der Waals surface area contributed by atoms with Crippen LogP contribution in [0.3, 0.4) is 0 Å². The number of pyridine rings is 1. The van der Waals surface area contributed by atoms with Crippen molar-refractivity contribution < 1.29 is 8.76 Å². The average Bonchev–Trinajstić information content (AvgIpc) is 3.56. The van der Waals surface area contributed by atoms with Crippen LogP contribution in [0.2, 0.25) is 0 Å². The first-order valence-electron chi connectivity index (χ1n) is 13.3. The van der Waals surface area contributed by atoms with Crippen molar-refractivity contribution in [2.75, 3.05) is 32.7 Å². The minimum Gasteiger partial charge on any atom is -0.771 e. The van der Waals surface area contributed by atoms with Crippen LogP contribution in [0.4, 0.5) is 0 Å². The normalized spacial score (nSPS) is 28.5. The van der Waals surface area contributed by atoms with Gasteiger partial charge in [0.15, 0.2) is 5.65 Å². The van der Waals surface area contributed by atoms with E-state index >= 15 is 0 Å². The van der Waals surface area contributed by atoms with E-state index in [-0.39, 0.29) is 11.3 Å². The number of piperidine rings is 1. The molecule has 3 fully saturated rings. The van der Waals surface area contributed by atoms with Crippen LogP contribution >= 0.6 is 0 Å². The van der Waals surface area contributed by atoms with E-state index in [0.717, 1.165) is 73.7 Å². The van der Waals surface area contributed by atoms with Gasteiger partial charge in [-0.1, -0.05) is 0 Å². The Bertz CT molecular complexity index is 1190. The molecule has 0 spiro atoms. The lowest BCUT2D eigenvalue weighted by Gasteiger charge is -2.45. The van der Waals surface area contributed by atoms with Crippen LogP contribution in [0.5, 0.6) is 0 Å². The zero-order valence-electron chi connectivity index (χ0n) is 20.3. The molecule has 2 saturated heterocycles. The molecule has 0 amide bonds. The second-order valence-electron chi connectivity index (χ2n) is 10.8. The van der Waals surface area contributed by atoms with Gasteiger partial charge in [0.05, 0.1) is 23.3 Å². The van der Waals surface area contributed by atoms with Gasteiger partial charge in [0.1, 0.15) is 0 Å². The molecule has 0 aromatic carbocycles. The number of likely N-dealkylation sites (tertiary alicyclic amines) is 2. The van der Waals surface area contributed by atoms with Crippen molar-refractivity contribution in [2.45, 2.75) is 62.7 Å². The Hall–Kier alpha value is -1.94. The first kappa shape index (κ1) is 23.5. The molecular formula is C26H35N6O2S-. The van der Waals surface area contributed by atoms with E-state index in [1.54, 1.807) is 0 Å². The van der Waals surface area contributed by atoms with E-state index in [1.807, 2.05) is 24.7 Å². The Kier molecular flexibility index (Phi) is 6.84. The first-order chi connectivity index (χ1) is 17.2. The van der Waals surface area contributed by atoms with E-state index in [0.29, 0.717) is 11.8 Å². The number of aromatic amines is 1. The standard InChI is InChI=1S/C26H36N6O2S/c33-35(34)26(32-13-3-4-18(17-32)16-31-11-1-2-12-31)20-7-5-19(6-8-20)22-14-29-30-23-15-28-25-21(24(22)23)9-10-27-25/h9-10,14-15,18-20,26,30H,1-8,11-13,16-17H2,(H,33,34)/p-1. The van der Waals surface area contributed by atoms with E-state index in [2.05, 4.69) is 30.0 Å². The van der Waals surface area contributed by atoms with Crippen molar-refractivity contribution in [1.82, 2.24) is 30.0 Å². The number of aromatic nitrogens is 4. The molecule has 3 aromatic heterocycles. The molecular weight excluding hydrogens is 460 g/mol. The highest BCUT2D eigenvalue weighted by Crippen LogP contribution is 2.42. The van der Waals surface area contributed by atoms with E-state index in [1.165, 1.54) is 37.9 Å². The van der Waals surface area contributed by atoms with E-state index < -0.39 is 11.1 Å². The zero-order valence-corrected chi connectivity index (χ0v) is 21.1. The Balaban J connectivity index is 1.16. The Morgan fingerprint density at radius 1 is 1.06 bits per heavy atom. The topological polar surface area (TPSA) is 101 Å². The monoisotopic (exact) mass is 495 g/mol. The summed E-state index contributed by atoms with van der Waals surface area (Å²) in [7, 11) is 0. The lowest BCUT2D eigenvalue weighted by atomic mass is 9.77. The van der Waals surface area contributed by atoms with Crippen LogP contribution in [-0.4, -0.2) is 76.8 Å². The fourth-order valence-corrected chi connectivity index (χ4v) is 8.02. The number of H-pyrrole nitrogens is 1. The van der Waals surface area contributed by atoms with Gasteiger partial charge in [0.25, 0.3) is 0 Å². The lowest BCUT2D eigenvalue weighted by Crippen LogP contribution is -2.50. The minimum absolute atomic E-state index is 0.201.